The number of nitrogens with one attached hydrogen (secondary N) is 1. The molecule has 0 aliphatic carbocycles. The van der Waals surface area contributed by atoms with Gasteiger partial charge in [0.2, 0.25) is 0 Å². The zero-order valence-electron chi connectivity index (χ0n) is 10.9. The Morgan fingerprint density at radius 3 is 2.79 bits per heavy atom. The molecule has 0 saturated carbocycles. The highest BCUT2D eigenvalue weighted by atomic mass is 35.5. The minimum Gasteiger partial charge on any atom is -0.441 e. The smallest absolute Gasteiger partial charge is 0.196 e. The van der Waals surface area contributed by atoms with Crippen molar-refractivity contribution in [1.29, 1.82) is 0 Å². The van der Waals surface area contributed by atoms with Crippen molar-refractivity contribution in [3.63, 3.8) is 0 Å². The zero-order valence-corrected chi connectivity index (χ0v) is 12.4. The molecule has 0 unspecified atom stereocenters. The zero-order chi connectivity index (χ0) is 13.8. The Hall–Kier alpha value is -1.03. The molecule has 1 aromatic heterocycles. The third-order valence-electron chi connectivity index (χ3n) is 2.64. The number of halogens is 2. The number of nitrogens with zero attached hydrogens (tertiary/aromatic N) is 1. The van der Waals surface area contributed by atoms with Crippen LogP contribution in [0.25, 0.3) is 11.3 Å². The van der Waals surface area contributed by atoms with E-state index >= 15 is 0 Å². The molecule has 0 fully saturated rings. The molecular weight excluding hydrogens is 283 g/mol. The monoisotopic (exact) mass is 298 g/mol. The van der Waals surface area contributed by atoms with Gasteiger partial charge in [-0.2, -0.15) is 0 Å². The Labute approximate surface area is 122 Å². The maximum absolute atomic E-state index is 6.13. The molecule has 3 nitrogen and oxygen atoms in total. The van der Waals surface area contributed by atoms with Crippen LogP contribution < -0.4 is 5.32 Å². The van der Waals surface area contributed by atoms with E-state index < -0.39 is 0 Å². The summed E-state index contributed by atoms with van der Waals surface area (Å²) in [6.07, 6.45) is 2.45. The van der Waals surface area contributed by atoms with Crippen LogP contribution in [0, 0.1) is 0 Å². The van der Waals surface area contributed by atoms with E-state index in [0.29, 0.717) is 27.7 Å². The Kier molecular flexibility index (Phi) is 4.86. The van der Waals surface area contributed by atoms with Crippen molar-refractivity contribution in [3.05, 3.63) is 40.3 Å². The van der Waals surface area contributed by atoms with Gasteiger partial charge in [-0.1, -0.05) is 37.0 Å². The Morgan fingerprint density at radius 1 is 1.32 bits per heavy atom. The van der Waals surface area contributed by atoms with Gasteiger partial charge in [0.05, 0.1) is 11.2 Å². The van der Waals surface area contributed by atoms with E-state index in [4.69, 9.17) is 27.6 Å². The van der Waals surface area contributed by atoms with Gasteiger partial charge in [-0.05, 0) is 18.2 Å². The molecule has 0 aliphatic rings. The summed E-state index contributed by atoms with van der Waals surface area (Å²) in [6.45, 7) is 5.05. The van der Waals surface area contributed by atoms with Crippen LogP contribution >= 0.6 is 23.2 Å². The molecule has 0 aliphatic heterocycles. The van der Waals surface area contributed by atoms with Crippen molar-refractivity contribution in [2.45, 2.75) is 26.3 Å². The average Bonchev–Trinajstić information content (AvgIpc) is 2.77. The van der Waals surface area contributed by atoms with Gasteiger partial charge in [0.25, 0.3) is 0 Å². The minimum absolute atomic E-state index is 0.458. The van der Waals surface area contributed by atoms with Gasteiger partial charge in [0.1, 0.15) is 0 Å². The average molecular weight is 299 g/mol. The van der Waals surface area contributed by atoms with E-state index in [1.807, 2.05) is 6.07 Å². The van der Waals surface area contributed by atoms with Gasteiger partial charge in [-0.25, -0.2) is 4.98 Å². The standard InChI is InChI=1S/C14H16Cl2N2O/c1-9(2)17-6-5-14-18-8-13(19-14)11-4-3-10(15)7-12(11)16/h3-4,7-9,17H,5-6H2,1-2H3. The van der Waals surface area contributed by atoms with E-state index in [1.165, 1.54) is 0 Å². The largest absolute Gasteiger partial charge is 0.441 e. The quantitative estimate of drug-likeness (QED) is 0.899. The highest BCUT2D eigenvalue weighted by Gasteiger charge is 2.10. The maximum Gasteiger partial charge on any atom is 0.196 e. The molecule has 1 heterocycles. The first kappa shape index (κ1) is 14.4. The lowest BCUT2D eigenvalue weighted by atomic mass is 10.2. The predicted molar refractivity (Wildman–Crippen MR) is 78.8 cm³/mol. The molecule has 0 radical (unpaired) electrons. The van der Waals surface area contributed by atoms with E-state index in [0.717, 1.165) is 18.5 Å². The van der Waals surface area contributed by atoms with E-state index in [9.17, 15) is 0 Å². The lowest BCUT2D eigenvalue weighted by Crippen LogP contribution is -2.24. The second-order valence-electron chi connectivity index (χ2n) is 4.60. The van der Waals surface area contributed by atoms with Crippen molar-refractivity contribution in [2.75, 3.05) is 6.54 Å². The number of aromatic nitrogens is 1. The fourth-order valence-electron chi connectivity index (χ4n) is 1.71. The van der Waals surface area contributed by atoms with Gasteiger partial charge < -0.3 is 9.73 Å². The summed E-state index contributed by atoms with van der Waals surface area (Å²) in [5.41, 5.74) is 0.807. The summed E-state index contributed by atoms with van der Waals surface area (Å²) in [7, 11) is 0. The van der Waals surface area contributed by atoms with Crippen LogP contribution in [0.2, 0.25) is 10.0 Å². The van der Waals surface area contributed by atoms with Crippen molar-refractivity contribution in [3.8, 4) is 11.3 Å². The lowest BCUT2D eigenvalue weighted by molar-refractivity contribution is 0.485. The summed E-state index contributed by atoms with van der Waals surface area (Å²) < 4.78 is 5.69. The molecule has 0 spiro atoms. The summed E-state index contributed by atoms with van der Waals surface area (Å²) in [5, 5.41) is 4.49. The molecule has 102 valence electrons. The van der Waals surface area contributed by atoms with Crippen LogP contribution in [0.4, 0.5) is 0 Å². The molecule has 0 amide bonds. The number of benzene rings is 1. The fourth-order valence-corrected chi connectivity index (χ4v) is 2.21. The minimum atomic E-state index is 0.458. The topological polar surface area (TPSA) is 38.1 Å². The highest BCUT2D eigenvalue weighted by Crippen LogP contribution is 2.30. The molecule has 1 N–H and O–H groups in total. The molecule has 1 aromatic carbocycles. The van der Waals surface area contributed by atoms with Crippen LogP contribution in [0.15, 0.2) is 28.8 Å². The van der Waals surface area contributed by atoms with E-state index in [-0.39, 0.29) is 0 Å². The Balaban J connectivity index is 2.08. The molecule has 2 aromatic rings. The van der Waals surface area contributed by atoms with Crippen molar-refractivity contribution in [1.82, 2.24) is 10.3 Å². The molecule has 5 heteroatoms. The molecule has 2 rings (SSSR count). The van der Waals surface area contributed by atoms with Gasteiger partial charge in [0.15, 0.2) is 11.7 Å². The third-order valence-corrected chi connectivity index (χ3v) is 3.19. The first-order valence-corrected chi connectivity index (χ1v) is 6.95. The SMILES string of the molecule is CC(C)NCCc1ncc(-c2ccc(Cl)cc2Cl)o1. The Bertz CT molecular complexity index is 552. The fraction of sp³-hybridized carbons (Fsp3) is 0.357. The number of hydrogen-bond acceptors (Lipinski definition) is 3. The molecule has 0 atom stereocenters. The summed E-state index contributed by atoms with van der Waals surface area (Å²) in [4.78, 5) is 4.25. The first-order chi connectivity index (χ1) is 9.06. The summed E-state index contributed by atoms with van der Waals surface area (Å²) >= 11 is 12.0. The summed E-state index contributed by atoms with van der Waals surface area (Å²) in [5.74, 6) is 1.37. The van der Waals surface area contributed by atoms with Gasteiger partial charge in [-0.15, -0.1) is 0 Å². The maximum atomic E-state index is 6.13. The van der Waals surface area contributed by atoms with Crippen LogP contribution in [-0.4, -0.2) is 17.6 Å². The van der Waals surface area contributed by atoms with Crippen LogP contribution in [0.3, 0.4) is 0 Å². The summed E-state index contributed by atoms with van der Waals surface area (Å²) in [6, 6.07) is 5.77. The van der Waals surface area contributed by atoms with Crippen LogP contribution in [-0.2, 0) is 6.42 Å². The predicted octanol–water partition coefficient (Wildman–Crippen LogP) is 4.19. The molecular formula is C14H16Cl2N2O. The van der Waals surface area contributed by atoms with Crippen molar-refractivity contribution < 1.29 is 4.42 Å². The van der Waals surface area contributed by atoms with Gasteiger partial charge in [0, 0.05) is 29.6 Å². The van der Waals surface area contributed by atoms with Crippen LogP contribution in [0.5, 0.6) is 0 Å². The van der Waals surface area contributed by atoms with Gasteiger partial charge in [-0.3, -0.25) is 0 Å². The third kappa shape index (κ3) is 3.96. The number of hydrogen-bond donors (Lipinski definition) is 1. The van der Waals surface area contributed by atoms with E-state index in [1.54, 1.807) is 18.3 Å². The van der Waals surface area contributed by atoms with Crippen molar-refractivity contribution >= 4 is 23.2 Å². The van der Waals surface area contributed by atoms with Gasteiger partial charge >= 0.3 is 0 Å². The second-order valence-corrected chi connectivity index (χ2v) is 5.44. The first-order valence-electron chi connectivity index (χ1n) is 6.20. The number of rotatable bonds is 5. The highest BCUT2D eigenvalue weighted by molar-refractivity contribution is 6.36. The molecule has 19 heavy (non-hydrogen) atoms. The van der Waals surface area contributed by atoms with Crippen LogP contribution in [0.1, 0.15) is 19.7 Å². The molecule has 0 saturated heterocycles. The van der Waals surface area contributed by atoms with Crippen molar-refractivity contribution in [2.24, 2.45) is 0 Å². The second kappa shape index (κ2) is 6.42. The Morgan fingerprint density at radius 2 is 2.11 bits per heavy atom. The normalized spacial score (nSPS) is 11.2. The van der Waals surface area contributed by atoms with E-state index in [2.05, 4.69) is 24.1 Å². The number of oxazole rings is 1. The lowest BCUT2D eigenvalue weighted by Gasteiger charge is -2.05. The molecule has 0 bridgehead atoms.